The normalized spacial score (nSPS) is 30.8. The summed E-state index contributed by atoms with van der Waals surface area (Å²) in [4.78, 5) is 37.3. The number of rotatable bonds is 11. The molecular formula is C41H58FN3O4. The number of aromatic nitrogens is 2. The molecule has 1 aromatic heterocycles. The van der Waals surface area contributed by atoms with Crippen molar-refractivity contribution >= 4 is 22.5 Å². The summed E-state index contributed by atoms with van der Waals surface area (Å²) in [6.45, 7) is 6.31. The van der Waals surface area contributed by atoms with E-state index in [1.54, 1.807) is 24.3 Å². The summed E-state index contributed by atoms with van der Waals surface area (Å²) in [7, 11) is 0. The van der Waals surface area contributed by atoms with Gasteiger partial charge in [0.2, 0.25) is 0 Å². The van der Waals surface area contributed by atoms with Gasteiger partial charge < -0.3 is 10.1 Å². The molecule has 0 bridgehead atoms. The zero-order valence-electron chi connectivity index (χ0n) is 29.2. The van der Waals surface area contributed by atoms with Crippen molar-refractivity contribution in [3.05, 3.63) is 75.5 Å². The van der Waals surface area contributed by atoms with Crippen LogP contribution in [0.3, 0.4) is 0 Å². The average Bonchev–Trinajstić information content (AvgIpc) is 3.44. The van der Waals surface area contributed by atoms with Crippen LogP contribution < -0.4 is 10.9 Å². The highest BCUT2D eigenvalue weighted by Crippen LogP contribution is 2.66. The van der Waals surface area contributed by atoms with Gasteiger partial charge in [-0.05, 0) is 116 Å². The molecule has 4 aliphatic rings. The van der Waals surface area contributed by atoms with Gasteiger partial charge in [-0.15, -0.1) is 0 Å². The molecule has 1 heterocycles. The third-order valence-corrected chi connectivity index (χ3v) is 13.5. The fourth-order valence-corrected chi connectivity index (χ4v) is 10.7. The number of ketones is 1. The van der Waals surface area contributed by atoms with E-state index in [0.29, 0.717) is 47.3 Å². The van der Waals surface area contributed by atoms with E-state index in [2.05, 4.69) is 29.4 Å². The van der Waals surface area contributed by atoms with Gasteiger partial charge in [-0.25, -0.2) is 9.49 Å². The number of ether oxygens (including phenoxy) is 1. The van der Waals surface area contributed by atoms with Crippen LogP contribution in [-0.2, 0) is 16.0 Å². The molecule has 0 radical (unpaired) electrons. The number of benzene rings is 2. The van der Waals surface area contributed by atoms with Crippen molar-refractivity contribution < 1.29 is 23.0 Å². The summed E-state index contributed by atoms with van der Waals surface area (Å²) in [6, 6.07) is 11.8. The van der Waals surface area contributed by atoms with Crippen molar-refractivity contribution in [1.82, 2.24) is 15.5 Å². The van der Waals surface area contributed by atoms with Crippen molar-refractivity contribution in [1.29, 1.82) is 0 Å². The summed E-state index contributed by atoms with van der Waals surface area (Å²) in [5, 5.41) is 10.9. The van der Waals surface area contributed by atoms with Crippen LogP contribution in [0.5, 0.6) is 0 Å². The van der Waals surface area contributed by atoms with Gasteiger partial charge in [0.05, 0.1) is 22.7 Å². The first-order valence-corrected chi connectivity index (χ1v) is 18.8. The lowest BCUT2D eigenvalue weighted by Crippen LogP contribution is -2.54. The van der Waals surface area contributed by atoms with E-state index in [-0.39, 0.29) is 20.8 Å². The van der Waals surface area contributed by atoms with Crippen LogP contribution in [0.25, 0.3) is 10.8 Å². The lowest BCUT2D eigenvalue weighted by Gasteiger charge is -2.60. The van der Waals surface area contributed by atoms with Crippen LogP contribution in [0.15, 0.2) is 47.3 Å². The summed E-state index contributed by atoms with van der Waals surface area (Å²) >= 11 is 0. The van der Waals surface area contributed by atoms with Gasteiger partial charge in [-0.3, -0.25) is 14.4 Å². The van der Waals surface area contributed by atoms with Gasteiger partial charge in [-0.1, -0.05) is 51.0 Å². The molecule has 0 aliphatic heterocycles. The number of Topliss-reactive ketones (excluding diaryl/α,β-unsaturated/α-hetero) is 1. The molecule has 4 fully saturated rings. The molecule has 7 nitrogen and oxygen atoms in total. The van der Waals surface area contributed by atoms with Crippen LogP contribution >= 0.6 is 0 Å². The zero-order chi connectivity index (χ0) is 34.2. The summed E-state index contributed by atoms with van der Waals surface area (Å²) < 4.78 is 21.3. The maximum atomic E-state index is 14.7. The number of hydrogen-bond donors (Lipinski definition) is 2. The molecule has 4 saturated carbocycles. The Kier molecular flexibility index (Phi) is 9.80. The third kappa shape index (κ3) is 6.62. The van der Waals surface area contributed by atoms with Crippen LogP contribution in [-0.4, -0.2) is 41.1 Å². The number of nitrogens with one attached hydrogen (secondary N) is 2. The molecule has 2 aromatic carbocycles. The van der Waals surface area contributed by atoms with Crippen molar-refractivity contribution in [2.45, 2.75) is 110 Å². The largest absolute Gasteiger partial charge is 0.378 e. The van der Waals surface area contributed by atoms with Crippen LogP contribution in [0, 0.1) is 40.3 Å². The third-order valence-electron chi connectivity index (χ3n) is 13.5. The monoisotopic (exact) mass is 675 g/mol. The molecule has 4 aliphatic carbocycles. The molecule has 8 heteroatoms. The Labute approximate surface area is 293 Å². The molecule has 3 aromatic rings. The molecule has 1 unspecified atom stereocenters. The lowest BCUT2D eigenvalue weighted by atomic mass is 9.45. The van der Waals surface area contributed by atoms with E-state index in [9.17, 15) is 18.8 Å². The van der Waals surface area contributed by atoms with Crippen molar-refractivity contribution in [2.75, 3.05) is 13.2 Å². The Morgan fingerprint density at radius 3 is 2.61 bits per heavy atom. The van der Waals surface area contributed by atoms with Crippen LogP contribution in [0.2, 0.25) is 0 Å². The molecule has 7 atom stereocenters. The summed E-state index contributed by atoms with van der Waals surface area (Å²) in [5.41, 5.74) is 1.81. The minimum Gasteiger partial charge on any atom is -0.378 e. The number of halogens is 1. The standard InChI is InChI=1S/C41H52FN3O4.3H2/c1-40-19-17-28(46)25-27(40)12-13-31-33-14-16-37(41(33,2)20-18-34(31)40)49-22-8-4-3-7-21-43-38(47)32-23-26(11-15-35(32)42)24-36-29-9-5-6-10-30(29)39(48)45-44-36;;;/h5-6,9-11,15,23,27,31,33-34,37H,3-4,7-8,12-14,16-22,24-25H2,1-2H3,(H,43,47)(H,45,48);3*1H/t27?,31-,33-,34-,37-,40-,41-;;;/m0.../s1. The number of H-pyrrole nitrogens is 1. The summed E-state index contributed by atoms with van der Waals surface area (Å²) in [5.74, 6) is 2.44. The first-order valence-electron chi connectivity index (χ1n) is 18.8. The van der Waals surface area contributed by atoms with E-state index in [4.69, 9.17) is 4.74 Å². The molecular weight excluding hydrogens is 617 g/mol. The van der Waals surface area contributed by atoms with Gasteiger partial charge in [0.25, 0.3) is 11.5 Å². The van der Waals surface area contributed by atoms with Gasteiger partial charge >= 0.3 is 0 Å². The number of carbonyl (C=O) groups is 2. The fourth-order valence-electron chi connectivity index (χ4n) is 10.7. The Morgan fingerprint density at radius 2 is 1.76 bits per heavy atom. The second-order valence-electron chi connectivity index (χ2n) is 16.1. The maximum absolute atomic E-state index is 14.7. The minimum atomic E-state index is -0.554. The second-order valence-corrected chi connectivity index (χ2v) is 16.1. The van der Waals surface area contributed by atoms with Crippen molar-refractivity contribution in [2.24, 2.45) is 34.5 Å². The molecule has 0 saturated heterocycles. The van der Waals surface area contributed by atoms with Gasteiger partial charge in [0, 0.05) is 42.1 Å². The highest BCUT2D eigenvalue weighted by atomic mass is 19.1. The van der Waals surface area contributed by atoms with Gasteiger partial charge in [-0.2, -0.15) is 5.10 Å². The quantitative estimate of drug-likeness (QED) is 0.198. The molecule has 49 heavy (non-hydrogen) atoms. The van der Waals surface area contributed by atoms with E-state index < -0.39 is 11.7 Å². The Balaban J connectivity index is 0.00000202. The topological polar surface area (TPSA) is 101 Å². The lowest BCUT2D eigenvalue weighted by molar-refractivity contribution is -0.145. The fraction of sp³-hybridized carbons (Fsp3) is 0.610. The number of aromatic amines is 1. The SMILES string of the molecule is C[C@]12CC[C@H]3[C@@H](CCC4CC(=O)CC[C@@]43C)[C@@H]1CC[C@@H]2OCCCCCCNC(=O)c1cc(Cc2n[nH]c(=O)c3ccccc23)ccc1F.[HH].[HH].[HH]. The molecule has 1 amide bonds. The van der Waals surface area contributed by atoms with E-state index in [1.165, 1.54) is 44.6 Å². The van der Waals surface area contributed by atoms with E-state index >= 15 is 0 Å². The number of hydrogen-bond acceptors (Lipinski definition) is 5. The predicted octanol–water partition coefficient (Wildman–Crippen LogP) is 8.68. The Morgan fingerprint density at radius 1 is 0.959 bits per heavy atom. The van der Waals surface area contributed by atoms with E-state index in [0.717, 1.165) is 80.3 Å². The van der Waals surface area contributed by atoms with Crippen LogP contribution in [0.4, 0.5) is 4.39 Å². The minimum absolute atomic E-state index is 0. The average molecular weight is 676 g/mol. The maximum Gasteiger partial charge on any atom is 0.272 e. The Hall–Kier alpha value is -3.39. The number of unbranched alkanes of at least 4 members (excludes halogenated alkanes) is 3. The van der Waals surface area contributed by atoms with Crippen molar-refractivity contribution in [3.8, 4) is 0 Å². The molecule has 2 N–H and O–H groups in total. The van der Waals surface area contributed by atoms with E-state index in [1.807, 2.05) is 12.1 Å². The molecule has 268 valence electrons. The first kappa shape index (κ1) is 34.1. The zero-order valence-corrected chi connectivity index (χ0v) is 29.2. The summed E-state index contributed by atoms with van der Waals surface area (Å²) in [6.07, 6.45) is 14.8. The Bertz CT molecular complexity index is 1770. The second kappa shape index (κ2) is 14.1. The van der Waals surface area contributed by atoms with Crippen LogP contribution in [0.1, 0.15) is 123 Å². The highest BCUT2D eigenvalue weighted by molar-refractivity contribution is 5.94. The highest BCUT2D eigenvalue weighted by Gasteiger charge is 2.60. The smallest absolute Gasteiger partial charge is 0.272 e. The number of fused-ring (bicyclic) bond motifs is 6. The first-order chi connectivity index (χ1) is 23.7. The van der Waals surface area contributed by atoms with Gasteiger partial charge in [0.15, 0.2) is 0 Å². The number of nitrogens with zero attached hydrogens (tertiary/aromatic N) is 1. The molecule has 0 spiro atoms. The van der Waals surface area contributed by atoms with Crippen molar-refractivity contribution in [3.63, 3.8) is 0 Å². The molecule has 7 rings (SSSR count). The van der Waals surface area contributed by atoms with Gasteiger partial charge in [0.1, 0.15) is 11.6 Å². The number of amides is 1. The predicted molar refractivity (Wildman–Crippen MR) is 195 cm³/mol. The number of carbonyl (C=O) groups excluding carboxylic acids is 2.